The molecule has 212 valence electrons. The van der Waals surface area contributed by atoms with E-state index in [2.05, 4.69) is 137 Å². The number of rotatable bonds is 4. The van der Waals surface area contributed by atoms with Crippen molar-refractivity contribution in [2.45, 2.75) is 6.92 Å². The van der Waals surface area contributed by atoms with Crippen LogP contribution in [-0.4, -0.2) is 9.13 Å². The first-order valence-electron chi connectivity index (χ1n) is 14.8. The molecule has 2 aromatic heterocycles. The minimum Gasteiger partial charge on any atom is -0.309 e. The molecule has 8 aromatic rings. The maximum absolute atomic E-state index is 13.3. The molecule has 0 fully saturated rings. The first-order valence-corrected chi connectivity index (χ1v) is 14.8. The van der Waals surface area contributed by atoms with Gasteiger partial charge in [0.1, 0.15) is 5.82 Å². The summed E-state index contributed by atoms with van der Waals surface area (Å²) < 4.78 is 17.9. The summed E-state index contributed by atoms with van der Waals surface area (Å²) in [4.78, 5) is 0. The predicted octanol–water partition coefficient (Wildman–Crippen LogP) is 11.0. The fourth-order valence-electron chi connectivity index (χ4n) is 6.03. The summed E-state index contributed by atoms with van der Waals surface area (Å²) in [5.41, 5.74) is 10.5. The minimum absolute atomic E-state index is 0.219. The number of fused-ring (bicyclic) bond motifs is 2. The molecule has 2 nitrogen and oxygen atoms in total. The lowest BCUT2D eigenvalue weighted by molar-refractivity contribution is 0.627. The van der Waals surface area contributed by atoms with Crippen LogP contribution in [0.2, 0.25) is 0 Å². The maximum Gasteiger partial charge on any atom is 0.123 e. The van der Waals surface area contributed by atoms with Crippen LogP contribution in [0.3, 0.4) is 0 Å². The first-order chi connectivity index (χ1) is 21.7. The predicted molar refractivity (Wildman–Crippen MR) is 182 cm³/mol. The number of para-hydroxylation sites is 3. The monoisotopic (exact) mass is 570 g/mol. The molecule has 0 radical (unpaired) electrons. The summed E-state index contributed by atoms with van der Waals surface area (Å²) in [6.45, 7) is 2.14. The van der Waals surface area contributed by atoms with Gasteiger partial charge >= 0.3 is 0 Å². The van der Waals surface area contributed by atoms with E-state index in [1.807, 2.05) is 36.4 Å². The van der Waals surface area contributed by atoms with Gasteiger partial charge in [0.25, 0.3) is 0 Å². The summed E-state index contributed by atoms with van der Waals surface area (Å²) in [6, 6.07) is 57.2. The third-order valence-electron chi connectivity index (χ3n) is 8.05. The van der Waals surface area contributed by atoms with Crippen LogP contribution < -0.4 is 0 Å². The molecule has 0 spiro atoms. The van der Waals surface area contributed by atoms with Crippen LogP contribution in [0.15, 0.2) is 170 Å². The Hall–Kier alpha value is -5.67. The van der Waals surface area contributed by atoms with Gasteiger partial charge in [-0.2, -0.15) is 0 Å². The second-order valence-electron chi connectivity index (χ2n) is 10.8. The van der Waals surface area contributed by atoms with Crippen molar-refractivity contribution in [1.82, 2.24) is 9.13 Å². The number of nitrogens with zero attached hydrogens (tertiary/aromatic N) is 2. The maximum atomic E-state index is 13.3. The molecule has 0 amide bonds. The van der Waals surface area contributed by atoms with Crippen LogP contribution in [-0.2, 0) is 0 Å². The molecule has 6 aromatic carbocycles. The number of aromatic nitrogens is 2. The fraction of sp³-hybridized carbons (Fsp3) is 0.0244. The zero-order valence-corrected chi connectivity index (χ0v) is 24.4. The molecule has 0 N–H and O–H groups in total. The van der Waals surface area contributed by atoms with Crippen molar-refractivity contribution >= 4 is 21.8 Å². The second kappa shape index (κ2) is 11.9. The molecule has 0 saturated carbocycles. The Morgan fingerprint density at radius 2 is 0.977 bits per heavy atom. The normalized spacial score (nSPS) is 11.0. The molecule has 0 aliphatic carbocycles. The standard InChI is InChI=1S/C21H16FN.C20H15N/c1-15-19-9-5-6-10-20(19)23(18-13-11-17(22)12-14-18)21(15)16-7-3-2-4-8-16;1-3-9-16(10-4-1)20-15-17-11-7-8-14-19(17)21(20)18-12-5-2-6-13-18/h2-14H,1H3;1-15H. The molecular formula is C41H31FN2. The number of aryl methyl sites for hydroxylation is 1. The Morgan fingerprint density at radius 1 is 0.455 bits per heavy atom. The van der Waals surface area contributed by atoms with E-state index in [0.29, 0.717) is 0 Å². The largest absolute Gasteiger partial charge is 0.309 e. The number of halogens is 1. The summed E-state index contributed by atoms with van der Waals surface area (Å²) in [5.74, 6) is -0.219. The Kier molecular flexibility index (Phi) is 7.35. The Morgan fingerprint density at radius 3 is 1.66 bits per heavy atom. The molecule has 0 atom stereocenters. The van der Waals surface area contributed by atoms with Gasteiger partial charge in [-0.25, -0.2) is 4.39 Å². The van der Waals surface area contributed by atoms with Crippen molar-refractivity contribution in [1.29, 1.82) is 0 Å². The van der Waals surface area contributed by atoms with Crippen molar-refractivity contribution in [3.8, 4) is 33.9 Å². The van der Waals surface area contributed by atoms with E-state index in [-0.39, 0.29) is 5.82 Å². The van der Waals surface area contributed by atoms with Crippen LogP contribution in [0, 0.1) is 12.7 Å². The zero-order chi connectivity index (χ0) is 29.9. The highest BCUT2D eigenvalue weighted by Crippen LogP contribution is 2.36. The molecular weight excluding hydrogens is 539 g/mol. The van der Waals surface area contributed by atoms with E-state index in [9.17, 15) is 4.39 Å². The van der Waals surface area contributed by atoms with Crippen LogP contribution in [0.25, 0.3) is 55.7 Å². The Bertz CT molecular complexity index is 2160. The molecule has 0 aliphatic heterocycles. The minimum atomic E-state index is -0.219. The van der Waals surface area contributed by atoms with E-state index < -0.39 is 0 Å². The number of benzene rings is 6. The van der Waals surface area contributed by atoms with Gasteiger partial charge in [-0.15, -0.1) is 0 Å². The lowest BCUT2D eigenvalue weighted by Crippen LogP contribution is -1.97. The fourth-order valence-corrected chi connectivity index (χ4v) is 6.03. The molecule has 44 heavy (non-hydrogen) atoms. The van der Waals surface area contributed by atoms with Gasteiger partial charge in [-0.05, 0) is 78.2 Å². The number of hydrogen-bond acceptors (Lipinski definition) is 0. The van der Waals surface area contributed by atoms with Gasteiger partial charge < -0.3 is 9.13 Å². The highest BCUT2D eigenvalue weighted by Gasteiger charge is 2.16. The van der Waals surface area contributed by atoms with Crippen molar-refractivity contribution in [3.05, 3.63) is 181 Å². The first kappa shape index (κ1) is 27.2. The average Bonchev–Trinajstić information content (AvgIpc) is 3.62. The van der Waals surface area contributed by atoms with Crippen molar-refractivity contribution < 1.29 is 4.39 Å². The van der Waals surface area contributed by atoms with Crippen LogP contribution in [0.1, 0.15) is 5.56 Å². The molecule has 0 bridgehead atoms. The SMILES string of the molecule is Cc1c(-c2ccccc2)n(-c2ccc(F)cc2)c2ccccc12.c1ccc(-c2cc3ccccc3n2-c2ccccc2)cc1. The van der Waals surface area contributed by atoms with Crippen LogP contribution in [0.5, 0.6) is 0 Å². The molecule has 3 heteroatoms. The van der Waals surface area contributed by atoms with Crippen molar-refractivity contribution in [2.75, 3.05) is 0 Å². The van der Waals surface area contributed by atoms with Gasteiger partial charge in [0.2, 0.25) is 0 Å². The second-order valence-corrected chi connectivity index (χ2v) is 10.8. The van der Waals surface area contributed by atoms with Crippen molar-refractivity contribution in [2.24, 2.45) is 0 Å². The summed E-state index contributed by atoms with van der Waals surface area (Å²) >= 11 is 0. The van der Waals surface area contributed by atoms with Gasteiger partial charge in [-0.3, -0.25) is 0 Å². The summed E-state index contributed by atoms with van der Waals surface area (Å²) in [5, 5.41) is 2.48. The van der Waals surface area contributed by atoms with E-state index in [4.69, 9.17) is 0 Å². The van der Waals surface area contributed by atoms with Gasteiger partial charge in [0.05, 0.1) is 22.4 Å². The number of hydrogen-bond donors (Lipinski definition) is 0. The molecule has 0 aliphatic rings. The van der Waals surface area contributed by atoms with E-state index in [0.717, 1.165) is 22.5 Å². The van der Waals surface area contributed by atoms with Crippen LogP contribution >= 0.6 is 0 Å². The third-order valence-corrected chi connectivity index (χ3v) is 8.05. The molecule has 8 rings (SSSR count). The summed E-state index contributed by atoms with van der Waals surface area (Å²) in [7, 11) is 0. The topological polar surface area (TPSA) is 9.86 Å². The van der Waals surface area contributed by atoms with Gasteiger partial charge in [0.15, 0.2) is 0 Å². The van der Waals surface area contributed by atoms with E-state index in [1.54, 1.807) is 0 Å². The molecule has 0 unspecified atom stereocenters. The highest BCUT2D eigenvalue weighted by molar-refractivity contribution is 5.93. The molecule has 0 saturated heterocycles. The third kappa shape index (κ3) is 5.10. The Labute approximate surface area is 256 Å². The highest BCUT2D eigenvalue weighted by atomic mass is 19.1. The van der Waals surface area contributed by atoms with Gasteiger partial charge in [-0.1, -0.05) is 115 Å². The summed E-state index contributed by atoms with van der Waals surface area (Å²) in [6.07, 6.45) is 0. The lowest BCUT2D eigenvalue weighted by Gasteiger charge is -2.12. The van der Waals surface area contributed by atoms with Crippen LogP contribution in [0.4, 0.5) is 4.39 Å². The lowest BCUT2D eigenvalue weighted by atomic mass is 10.1. The van der Waals surface area contributed by atoms with Gasteiger partial charge in [0, 0.05) is 22.1 Å². The van der Waals surface area contributed by atoms with E-state index >= 15 is 0 Å². The Balaban J connectivity index is 0.000000143. The molecule has 2 heterocycles. The van der Waals surface area contributed by atoms with E-state index in [1.165, 1.54) is 50.9 Å². The quantitative estimate of drug-likeness (QED) is 0.199. The van der Waals surface area contributed by atoms with Crippen molar-refractivity contribution in [3.63, 3.8) is 0 Å². The smallest absolute Gasteiger partial charge is 0.123 e. The zero-order valence-electron chi connectivity index (χ0n) is 24.4. The average molecular weight is 571 g/mol.